The summed E-state index contributed by atoms with van der Waals surface area (Å²) in [6.45, 7) is 7.44. The lowest BCUT2D eigenvalue weighted by Crippen LogP contribution is -2.16. The lowest BCUT2D eigenvalue weighted by molar-refractivity contribution is 0.0413. The van der Waals surface area contributed by atoms with Gasteiger partial charge in [0.25, 0.3) is 0 Å². The molecule has 0 unspecified atom stereocenters. The van der Waals surface area contributed by atoms with Crippen molar-refractivity contribution in [2.24, 2.45) is 0 Å². The van der Waals surface area contributed by atoms with Crippen molar-refractivity contribution in [1.82, 2.24) is 5.48 Å². The van der Waals surface area contributed by atoms with E-state index < -0.39 is 0 Å². The van der Waals surface area contributed by atoms with E-state index in [0.717, 1.165) is 32.4 Å². The van der Waals surface area contributed by atoms with E-state index in [1.807, 2.05) is 6.08 Å². The summed E-state index contributed by atoms with van der Waals surface area (Å²) >= 11 is 0. The summed E-state index contributed by atoms with van der Waals surface area (Å²) in [5.74, 6) is 0. The molecule has 0 amide bonds. The van der Waals surface area contributed by atoms with E-state index in [1.165, 1.54) is 0 Å². The average molecular weight is 143 g/mol. The molecule has 0 aliphatic heterocycles. The minimum absolute atomic E-state index is 0.800. The molecule has 0 spiro atoms. The van der Waals surface area contributed by atoms with Crippen LogP contribution < -0.4 is 5.48 Å². The summed E-state index contributed by atoms with van der Waals surface area (Å²) in [6.07, 6.45) is 5.14. The Morgan fingerprint density at radius 3 is 3.00 bits per heavy atom. The molecule has 0 aromatic carbocycles. The van der Waals surface area contributed by atoms with Crippen LogP contribution in [0.2, 0.25) is 0 Å². The van der Waals surface area contributed by atoms with Crippen LogP contribution in [-0.2, 0) is 4.84 Å². The molecule has 0 heterocycles. The number of hydrogen-bond donors (Lipinski definition) is 1. The van der Waals surface area contributed by atoms with E-state index in [1.54, 1.807) is 0 Å². The molecule has 0 fully saturated rings. The molecule has 0 radical (unpaired) electrons. The maximum atomic E-state index is 5.05. The zero-order chi connectivity index (χ0) is 7.66. The van der Waals surface area contributed by atoms with Crippen molar-refractivity contribution in [2.75, 3.05) is 13.2 Å². The Bertz CT molecular complexity index is 73.7. The Hall–Kier alpha value is -0.340. The van der Waals surface area contributed by atoms with Crippen molar-refractivity contribution in [2.45, 2.75) is 26.2 Å². The first-order chi connectivity index (χ1) is 4.91. The topological polar surface area (TPSA) is 21.3 Å². The van der Waals surface area contributed by atoms with Crippen molar-refractivity contribution in [3.8, 4) is 0 Å². The summed E-state index contributed by atoms with van der Waals surface area (Å²) in [7, 11) is 0. The van der Waals surface area contributed by atoms with Gasteiger partial charge in [-0.25, -0.2) is 5.48 Å². The van der Waals surface area contributed by atoms with Gasteiger partial charge >= 0.3 is 0 Å². The molecule has 0 atom stereocenters. The van der Waals surface area contributed by atoms with Crippen LogP contribution in [0.5, 0.6) is 0 Å². The monoisotopic (exact) mass is 143 g/mol. The lowest BCUT2D eigenvalue weighted by Gasteiger charge is -2.01. The number of allylic oxidation sites excluding steroid dienone is 1. The maximum Gasteiger partial charge on any atom is 0.0679 e. The number of nitrogens with one attached hydrogen (secondary N) is 1. The number of hydroxylamine groups is 1. The van der Waals surface area contributed by atoms with Gasteiger partial charge in [-0.2, -0.15) is 0 Å². The molecule has 60 valence electrons. The fraction of sp³-hybridized carbons (Fsp3) is 0.750. The molecule has 0 rings (SSSR count). The number of rotatable bonds is 7. The Balaban J connectivity index is 2.70. The minimum atomic E-state index is 0.800. The minimum Gasteiger partial charge on any atom is -0.302 e. The van der Waals surface area contributed by atoms with Gasteiger partial charge in [-0.05, 0) is 19.3 Å². The smallest absolute Gasteiger partial charge is 0.0679 e. The molecule has 1 N–H and O–H groups in total. The normalized spacial score (nSPS) is 9.70. The van der Waals surface area contributed by atoms with Crippen molar-refractivity contribution in [1.29, 1.82) is 0 Å². The highest BCUT2D eigenvalue weighted by atomic mass is 16.6. The van der Waals surface area contributed by atoms with Gasteiger partial charge in [0.2, 0.25) is 0 Å². The molecular weight excluding hydrogens is 126 g/mol. The summed E-state index contributed by atoms with van der Waals surface area (Å²) < 4.78 is 0. The van der Waals surface area contributed by atoms with Gasteiger partial charge in [-0.1, -0.05) is 13.0 Å². The van der Waals surface area contributed by atoms with Crippen LogP contribution in [0.15, 0.2) is 12.7 Å². The van der Waals surface area contributed by atoms with E-state index in [9.17, 15) is 0 Å². The van der Waals surface area contributed by atoms with E-state index in [-0.39, 0.29) is 0 Å². The van der Waals surface area contributed by atoms with Gasteiger partial charge in [0.1, 0.15) is 0 Å². The molecule has 0 bridgehead atoms. The second-order valence-corrected chi connectivity index (χ2v) is 2.17. The largest absolute Gasteiger partial charge is 0.302 e. The van der Waals surface area contributed by atoms with Gasteiger partial charge in [-0.15, -0.1) is 6.58 Å². The fourth-order valence-electron chi connectivity index (χ4n) is 0.565. The van der Waals surface area contributed by atoms with E-state index in [0.29, 0.717) is 0 Å². The molecule has 2 heteroatoms. The summed E-state index contributed by atoms with van der Waals surface area (Å²) in [5.41, 5.74) is 2.87. The first-order valence-electron chi connectivity index (χ1n) is 3.87. The standard InChI is InChI=1S/C8H17NO/c1-3-5-6-7-9-10-8-4-2/h3,9H,1,4-8H2,2H3. The van der Waals surface area contributed by atoms with Gasteiger partial charge < -0.3 is 4.84 Å². The molecule has 10 heavy (non-hydrogen) atoms. The summed E-state index contributed by atoms with van der Waals surface area (Å²) in [5, 5.41) is 0. The molecule has 0 saturated carbocycles. The highest BCUT2D eigenvalue weighted by Gasteiger charge is 1.83. The second-order valence-electron chi connectivity index (χ2n) is 2.17. The zero-order valence-electron chi connectivity index (χ0n) is 6.73. The van der Waals surface area contributed by atoms with E-state index >= 15 is 0 Å². The van der Waals surface area contributed by atoms with Crippen LogP contribution in [0.25, 0.3) is 0 Å². The van der Waals surface area contributed by atoms with Crippen molar-refractivity contribution in [3.63, 3.8) is 0 Å². The fourth-order valence-corrected chi connectivity index (χ4v) is 0.565. The van der Waals surface area contributed by atoms with Crippen LogP contribution in [0.3, 0.4) is 0 Å². The SMILES string of the molecule is C=CCCCNOCCC. The Labute approximate surface area is 63.2 Å². The van der Waals surface area contributed by atoms with Crippen LogP contribution in [-0.4, -0.2) is 13.2 Å². The average Bonchev–Trinajstić information content (AvgIpc) is 1.97. The van der Waals surface area contributed by atoms with Crippen molar-refractivity contribution >= 4 is 0 Å². The Kier molecular flexibility index (Phi) is 8.37. The summed E-state index contributed by atoms with van der Waals surface area (Å²) in [4.78, 5) is 5.05. The van der Waals surface area contributed by atoms with Gasteiger partial charge in [-0.3, -0.25) is 0 Å². The lowest BCUT2D eigenvalue weighted by atomic mass is 10.3. The zero-order valence-corrected chi connectivity index (χ0v) is 6.73. The third kappa shape index (κ3) is 7.66. The third-order valence-corrected chi connectivity index (χ3v) is 1.10. The third-order valence-electron chi connectivity index (χ3n) is 1.10. The van der Waals surface area contributed by atoms with Crippen LogP contribution in [0.4, 0.5) is 0 Å². The van der Waals surface area contributed by atoms with Crippen LogP contribution >= 0.6 is 0 Å². The van der Waals surface area contributed by atoms with E-state index in [2.05, 4.69) is 19.0 Å². The second kappa shape index (κ2) is 8.66. The van der Waals surface area contributed by atoms with Gasteiger partial charge in [0.15, 0.2) is 0 Å². The maximum absolute atomic E-state index is 5.05. The highest BCUT2D eigenvalue weighted by molar-refractivity contribution is 4.65. The first kappa shape index (κ1) is 9.66. The molecular formula is C8H17NO. The number of hydrogen-bond acceptors (Lipinski definition) is 2. The Morgan fingerprint density at radius 2 is 2.40 bits per heavy atom. The predicted molar refractivity (Wildman–Crippen MR) is 43.7 cm³/mol. The summed E-state index contributed by atoms with van der Waals surface area (Å²) in [6, 6.07) is 0. The quantitative estimate of drug-likeness (QED) is 0.334. The molecule has 0 aliphatic carbocycles. The molecule has 0 saturated heterocycles. The van der Waals surface area contributed by atoms with Gasteiger partial charge in [0.05, 0.1) is 6.61 Å². The Morgan fingerprint density at radius 1 is 1.60 bits per heavy atom. The van der Waals surface area contributed by atoms with Gasteiger partial charge in [0, 0.05) is 6.54 Å². The van der Waals surface area contributed by atoms with E-state index in [4.69, 9.17) is 4.84 Å². The van der Waals surface area contributed by atoms with Crippen LogP contribution in [0.1, 0.15) is 26.2 Å². The molecule has 0 aromatic heterocycles. The first-order valence-corrected chi connectivity index (χ1v) is 3.87. The highest BCUT2D eigenvalue weighted by Crippen LogP contribution is 1.86. The van der Waals surface area contributed by atoms with Crippen LogP contribution in [0, 0.1) is 0 Å². The molecule has 0 aromatic rings. The molecule has 2 nitrogen and oxygen atoms in total. The number of unbranched alkanes of at least 4 members (excludes halogenated alkanes) is 1. The van der Waals surface area contributed by atoms with Crippen molar-refractivity contribution < 1.29 is 4.84 Å². The van der Waals surface area contributed by atoms with Crippen molar-refractivity contribution in [3.05, 3.63) is 12.7 Å². The molecule has 0 aliphatic rings. The predicted octanol–water partition coefficient (Wildman–Crippen LogP) is 1.88.